The number of piperidine rings is 1. The van der Waals surface area contributed by atoms with Crippen LogP contribution in [0.3, 0.4) is 0 Å². The summed E-state index contributed by atoms with van der Waals surface area (Å²) in [6.07, 6.45) is 4.96. The van der Waals surface area contributed by atoms with Crippen LogP contribution >= 0.6 is 11.3 Å². The Labute approximate surface area is 223 Å². The topological polar surface area (TPSA) is 88.4 Å². The van der Waals surface area contributed by atoms with E-state index in [9.17, 15) is 9.90 Å². The summed E-state index contributed by atoms with van der Waals surface area (Å²) in [5.74, 6) is 0. The van der Waals surface area contributed by atoms with Crippen LogP contribution in [0.4, 0.5) is 4.79 Å². The predicted octanol–water partition coefficient (Wildman–Crippen LogP) is 4.44. The van der Waals surface area contributed by atoms with Crippen molar-refractivity contribution in [1.82, 2.24) is 19.9 Å². The molecule has 1 N–H and O–H groups in total. The SMILES string of the molecule is Cc1cccc(-c2nc(C3(O)CCN(C(=O)OC(C)(C)C)CC3)sc2-c2ccnc([AsH]C3CC3)n2)c1. The second kappa shape index (κ2) is 9.88. The Kier molecular flexibility index (Phi) is 6.96. The minimum absolute atomic E-state index is 0.324. The Morgan fingerprint density at radius 1 is 1.19 bits per heavy atom. The van der Waals surface area contributed by atoms with Gasteiger partial charge in [-0.1, -0.05) is 0 Å². The number of ether oxygens (including phenoxy) is 1. The monoisotopic (exact) mass is 568 g/mol. The van der Waals surface area contributed by atoms with Gasteiger partial charge in [-0.05, 0) is 20.8 Å². The number of aliphatic hydroxyl groups is 1. The van der Waals surface area contributed by atoms with Crippen LogP contribution in [0, 0.1) is 6.92 Å². The molecule has 7 nitrogen and oxygen atoms in total. The van der Waals surface area contributed by atoms with Gasteiger partial charge >= 0.3 is 197 Å². The van der Waals surface area contributed by atoms with Crippen molar-refractivity contribution in [2.75, 3.05) is 13.1 Å². The average Bonchev–Trinajstić information content (AvgIpc) is 3.51. The fourth-order valence-corrected chi connectivity index (χ4v) is 7.87. The summed E-state index contributed by atoms with van der Waals surface area (Å²) in [5.41, 5.74) is 2.24. The van der Waals surface area contributed by atoms with Gasteiger partial charge in [0.05, 0.1) is 0 Å². The number of hydrogen-bond donors (Lipinski definition) is 1. The van der Waals surface area contributed by atoms with Crippen molar-refractivity contribution in [1.29, 1.82) is 0 Å². The fourth-order valence-electron chi connectivity index (χ4n) is 4.25. The number of aromatic nitrogens is 3. The van der Waals surface area contributed by atoms with Crippen LogP contribution < -0.4 is 4.61 Å². The Morgan fingerprint density at radius 2 is 1.94 bits per heavy atom. The molecule has 0 spiro atoms. The molecule has 1 atom stereocenters. The molecule has 3 heterocycles. The minimum atomic E-state index is -1.10. The molecule has 36 heavy (non-hydrogen) atoms. The van der Waals surface area contributed by atoms with Gasteiger partial charge in [0.1, 0.15) is 5.60 Å². The number of rotatable bonds is 5. The molecule has 1 amide bonds. The first-order chi connectivity index (χ1) is 17.1. The van der Waals surface area contributed by atoms with Crippen molar-refractivity contribution in [2.24, 2.45) is 0 Å². The number of amides is 1. The van der Waals surface area contributed by atoms with E-state index in [-0.39, 0.29) is 21.8 Å². The molecular formula is C27H33AsN4O3S. The first kappa shape index (κ1) is 25.4. The molecule has 1 aromatic carbocycles. The van der Waals surface area contributed by atoms with E-state index in [4.69, 9.17) is 14.7 Å². The van der Waals surface area contributed by atoms with Crippen LogP contribution in [-0.2, 0) is 10.3 Å². The van der Waals surface area contributed by atoms with E-state index in [1.165, 1.54) is 24.2 Å². The van der Waals surface area contributed by atoms with Crippen LogP contribution in [0.25, 0.3) is 21.8 Å². The second-order valence-corrected chi connectivity index (χ2v) is 15.0. The van der Waals surface area contributed by atoms with Gasteiger partial charge in [0.25, 0.3) is 0 Å². The molecule has 1 unspecified atom stereocenters. The molecule has 5 rings (SSSR count). The van der Waals surface area contributed by atoms with Crippen LogP contribution in [0.5, 0.6) is 0 Å². The van der Waals surface area contributed by atoms with Gasteiger partial charge in [-0.25, -0.2) is 0 Å². The molecule has 9 heteroatoms. The summed E-state index contributed by atoms with van der Waals surface area (Å²) in [7, 11) is 0. The quantitative estimate of drug-likeness (QED) is 0.458. The van der Waals surface area contributed by atoms with Crippen molar-refractivity contribution < 1.29 is 14.6 Å². The zero-order chi connectivity index (χ0) is 25.5. The van der Waals surface area contributed by atoms with Crippen molar-refractivity contribution >= 4 is 37.8 Å². The second-order valence-electron chi connectivity index (χ2n) is 10.7. The van der Waals surface area contributed by atoms with Crippen LogP contribution in [-0.4, -0.2) is 65.5 Å². The molecule has 3 aromatic rings. The van der Waals surface area contributed by atoms with E-state index in [1.54, 1.807) is 4.90 Å². The van der Waals surface area contributed by atoms with Crippen molar-refractivity contribution in [3.63, 3.8) is 0 Å². The number of benzene rings is 1. The number of nitrogens with zero attached hydrogens (tertiary/aromatic N) is 4. The maximum absolute atomic E-state index is 12.5. The van der Waals surface area contributed by atoms with Gasteiger partial charge in [-0.15, -0.1) is 0 Å². The van der Waals surface area contributed by atoms with E-state index in [2.05, 4.69) is 30.1 Å². The zero-order valence-electron chi connectivity index (χ0n) is 21.2. The standard InChI is InChI=1S/C27H33AsN4O3S/c1-17-6-5-7-18(16-17)21-22(20-10-13-29-24(30-20)28-19-8-9-19)36-23(31-21)27(34)11-14-32(15-12-27)25(33)35-26(2,3)4/h5-7,10,13,16,19,28,34H,8-9,11-12,14-15H2,1-4H3. The van der Waals surface area contributed by atoms with Crippen LogP contribution in [0.2, 0.25) is 4.71 Å². The molecule has 1 saturated heterocycles. The molecule has 0 bridgehead atoms. The van der Waals surface area contributed by atoms with E-state index in [0.717, 1.165) is 36.7 Å². The van der Waals surface area contributed by atoms with E-state index in [1.807, 2.05) is 39.1 Å². The molecule has 2 aromatic heterocycles. The number of hydrogen-bond acceptors (Lipinski definition) is 7. The van der Waals surface area contributed by atoms with E-state index in [0.29, 0.717) is 30.9 Å². The summed E-state index contributed by atoms with van der Waals surface area (Å²) in [4.78, 5) is 29.7. The van der Waals surface area contributed by atoms with Gasteiger partial charge in [0.2, 0.25) is 0 Å². The van der Waals surface area contributed by atoms with E-state index >= 15 is 0 Å². The normalized spacial score (nSPS) is 18.1. The van der Waals surface area contributed by atoms with Crippen molar-refractivity contribution in [3.8, 4) is 21.8 Å². The first-order valence-corrected chi connectivity index (χ1v) is 15.6. The van der Waals surface area contributed by atoms with Gasteiger partial charge < -0.3 is 0 Å². The molecule has 190 valence electrons. The Morgan fingerprint density at radius 3 is 2.61 bits per heavy atom. The summed E-state index contributed by atoms with van der Waals surface area (Å²) in [5, 5.41) is 12.4. The molecule has 1 aliphatic heterocycles. The third kappa shape index (κ3) is 5.82. The number of likely N-dealkylation sites (tertiary alicyclic amines) is 1. The van der Waals surface area contributed by atoms with Crippen LogP contribution in [0.1, 0.15) is 57.0 Å². The van der Waals surface area contributed by atoms with Crippen molar-refractivity contribution in [3.05, 3.63) is 47.1 Å². The average molecular weight is 569 g/mol. The molecule has 2 fully saturated rings. The number of thiazole rings is 1. The number of aryl methyl sites for hydroxylation is 1. The molecule has 2 aliphatic rings. The summed E-state index contributed by atoms with van der Waals surface area (Å²) >= 11 is 1.19. The third-order valence-electron chi connectivity index (χ3n) is 6.36. The van der Waals surface area contributed by atoms with Gasteiger partial charge in [-0.2, -0.15) is 0 Å². The van der Waals surface area contributed by atoms with Gasteiger partial charge in [0, 0.05) is 0 Å². The van der Waals surface area contributed by atoms with Crippen molar-refractivity contribution in [2.45, 2.75) is 69.3 Å². The Hall–Kier alpha value is -2.28. The number of carbonyl (C=O) groups is 1. The van der Waals surface area contributed by atoms with Gasteiger partial charge in [-0.3, -0.25) is 0 Å². The molecular weight excluding hydrogens is 535 g/mol. The third-order valence-corrected chi connectivity index (χ3v) is 10.7. The Bertz CT molecular complexity index is 1260. The summed E-state index contributed by atoms with van der Waals surface area (Å²) in [6, 6.07) is 10.2. The van der Waals surface area contributed by atoms with Crippen LogP contribution in [0.15, 0.2) is 36.5 Å². The maximum atomic E-state index is 12.5. The Balaban J connectivity index is 1.45. The van der Waals surface area contributed by atoms with E-state index < -0.39 is 11.2 Å². The molecule has 1 saturated carbocycles. The fraction of sp³-hybridized carbons (Fsp3) is 0.481. The summed E-state index contributed by atoms with van der Waals surface area (Å²) in [6.45, 7) is 8.50. The summed E-state index contributed by atoms with van der Waals surface area (Å²) < 4.78 is 7.34. The molecule has 1 aliphatic carbocycles. The van der Waals surface area contributed by atoms with Gasteiger partial charge in [0.15, 0.2) is 0 Å². The predicted molar refractivity (Wildman–Crippen MR) is 144 cm³/mol. The molecule has 0 radical (unpaired) electrons. The zero-order valence-corrected chi connectivity index (χ0v) is 24.2. The number of carbonyl (C=O) groups excluding carboxylic acids is 1. The first-order valence-electron chi connectivity index (χ1n) is 12.5.